The Morgan fingerprint density at radius 1 is 0.570 bits per heavy atom. The summed E-state index contributed by atoms with van der Waals surface area (Å²) in [6, 6.07) is 36.6. The minimum atomic E-state index is -0.562. The molecule has 12 rings (SSSR count). The minimum absolute atomic E-state index is 0.0189. The number of primary amides is 1. The third-order valence-corrected chi connectivity index (χ3v) is 24.1. The van der Waals surface area contributed by atoms with Gasteiger partial charge in [-0.3, -0.25) is 34.6 Å². The SMILES string of the molecule is C=C(N)C1CSC(c2ccccc2O)=N1.C[C@@H]1SC(c2ccccc2O)=N[C@H]1[C@@H]1SCC(C)(C)N1C.C[C@@H]1SC(c2ccccc2O)=N[C@H]1[C@H]1SCC(C)(C)N1C.NC(=O)c1csc(-c2ccccc2O)n1.OC[C@@H]1CSC(c2ccccc2O)=N1. The van der Waals surface area contributed by atoms with E-state index in [-0.39, 0.29) is 64.8 Å². The zero-order valence-electron chi connectivity index (χ0n) is 49.2. The molecule has 10 N–H and O–H groups in total. The summed E-state index contributed by atoms with van der Waals surface area (Å²) < 4.78 is 0. The Hall–Kier alpha value is -5.60. The third kappa shape index (κ3) is 16.2. The molecule has 0 saturated carbocycles. The molecule has 456 valence electrons. The molecule has 8 atom stereocenters. The zero-order valence-corrected chi connectivity index (χ0v) is 54.9. The number of carbonyl (C=O) groups is 1. The van der Waals surface area contributed by atoms with Crippen molar-refractivity contribution >= 4 is 108 Å². The lowest BCUT2D eigenvalue weighted by Gasteiger charge is -2.33. The number of hydrogen-bond donors (Lipinski definition) is 8. The molecule has 16 nitrogen and oxygen atoms in total. The van der Waals surface area contributed by atoms with Crippen LogP contribution in [0.3, 0.4) is 0 Å². The van der Waals surface area contributed by atoms with Gasteiger partial charge in [-0.1, -0.05) is 81.1 Å². The largest absolute Gasteiger partial charge is 0.507 e. The summed E-state index contributed by atoms with van der Waals surface area (Å²) in [7, 11) is 4.41. The first-order valence-corrected chi connectivity index (χ1v) is 34.5. The lowest BCUT2D eigenvalue weighted by Crippen LogP contribution is -2.46. The van der Waals surface area contributed by atoms with Crippen LogP contribution in [0.4, 0.5) is 0 Å². The summed E-state index contributed by atoms with van der Waals surface area (Å²) in [4.78, 5) is 38.4. The maximum atomic E-state index is 10.8. The van der Waals surface area contributed by atoms with Crippen LogP contribution in [0.25, 0.3) is 10.6 Å². The maximum absolute atomic E-state index is 10.8. The number of phenols is 5. The van der Waals surface area contributed by atoms with E-state index >= 15 is 0 Å². The van der Waals surface area contributed by atoms with Crippen molar-refractivity contribution in [1.29, 1.82) is 0 Å². The number of nitrogens with zero attached hydrogens (tertiary/aromatic N) is 7. The van der Waals surface area contributed by atoms with E-state index in [1.165, 1.54) is 11.3 Å². The number of hydrogen-bond acceptors (Lipinski definition) is 22. The summed E-state index contributed by atoms with van der Waals surface area (Å²) in [6.07, 6.45) is 0. The van der Waals surface area contributed by atoms with Gasteiger partial charge in [-0.2, -0.15) is 0 Å². The number of aromatic hydroxyl groups is 5. The number of para-hydroxylation sites is 5. The van der Waals surface area contributed by atoms with Crippen LogP contribution in [-0.2, 0) is 0 Å². The van der Waals surface area contributed by atoms with Gasteiger partial charge in [0.2, 0.25) is 0 Å². The highest BCUT2D eigenvalue weighted by atomic mass is 32.2. The number of thiazole rings is 1. The van der Waals surface area contributed by atoms with Crippen molar-refractivity contribution in [3.8, 4) is 39.3 Å². The Bertz CT molecular complexity index is 3390. The number of likely N-dealkylation sites (N-methyl/N-ethyl adjacent to an activating group) is 2. The number of carbonyl (C=O) groups excluding carboxylic acids is 1. The van der Waals surface area contributed by atoms with Crippen LogP contribution in [0, 0.1) is 0 Å². The van der Waals surface area contributed by atoms with Crippen molar-refractivity contribution in [1.82, 2.24) is 14.8 Å². The van der Waals surface area contributed by atoms with Crippen molar-refractivity contribution in [2.24, 2.45) is 31.4 Å². The lowest BCUT2D eigenvalue weighted by molar-refractivity contribution is 0.0996. The molecule has 86 heavy (non-hydrogen) atoms. The van der Waals surface area contributed by atoms with E-state index in [1.807, 2.05) is 84.2 Å². The molecule has 6 aromatic rings. The van der Waals surface area contributed by atoms with Crippen molar-refractivity contribution < 1.29 is 35.4 Å². The van der Waals surface area contributed by atoms with Gasteiger partial charge in [-0.25, -0.2) is 4.98 Å². The van der Waals surface area contributed by atoms with E-state index in [0.717, 1.165) is 65.4 Å². The normalized spacial score (nSPS) is 24.5. The minimum Gasteiger partial charge on any atom is -0.507 e. The fraction of sp³-hybridized carbons (Fsp3) is 0.365. The molecule has 2 fully saturated rings. The smallest absolute Gasteiger partial charge is 0.268 e. The summed E-state index contributed by atoms with van der Waals surface area (Å²) in [5.74, 6) is 4.61. The van der Waals surface area contributed by atoms with Gasteiger partial charge in [0, 0.05) is 77.9 Å². The van der Waals surface area contributed by atoms with Crippen LogP contribution in [0.5, 0.6) is 28.7 Å². The van der Waals surface area contributed by atoms with E-state index < -0.39 is 5.91 Å². The van der Waals surface area contributed by atoms with E-state index in [0.29, 0.717) is 49.0 Å². The monoisotopic (exact) mass is 1290 g/mol. The molecule has 1 amide bonds. The molecule has 7 heterocycles. The quantitative estimate of drug-likeness (QED) is 0.0634. The summed E-state index contributed by atoms with van der Waals surface area (Å²) >= 11 is 12.0. The Morgan fingerprint density at radius 2 is 0.942 bits per heavy atom. The predicted octanol–water partition coefficient (Wildman–Crippen LogP) is 11.4. The second-order valence-corrected chi connectivity index (χ2v) is 30.0. The highest BCUT2D eigenvalue weighted by molar-refractivity contribution is 8.16. The molecule has 0 spiro atoms. The van der Waals surface area contributed by atoms with Crippen LogP contribution < -0.4 is 11.5 Å². The number of aliphatic hydroxyl groups excluding tert-OH is 1. The zero-order chi connectivity index (χ0) is 62.0. The fourth-order valence-electron chi connectivity index (χ4n) is 9.39. The summed E-state index contributed by atoms with van der Waals surface area (Å²) in [5, 5.41) is 65.3. The molecular weight excluding hydrogens is 1220 g/mol. The van der Waals surface area contributed by atoms with Crippen LogP contribution in [-0.4, -0.2) is 172 Å². The molecule has 5 aromatic carbocycles. The topological polar surface area (TPSA) is 259 Å². The first kappa shape index (κ1) is 66.4. The van der Waals surface area contributed by atoms with E-state index in [4.69, 9.17) is 26.6 Å². The number of thioether (sulfide) groups is 6. The average Bonchev–Trinajstić information content (AvgIpc) is 2.70. The van der Waals surface area contributed by atoms with Crippen molar-refractivity contribution in [3.05, 3.63) is 167 Å². The van der Waals surface area contributed by atoms with Crippen LogP contribution in [0.1, 0.15) is 74.3 Å². The molecule has 1 aromatic heterocycles. The molecule has 6 aliphatic rings. The fourth-order valence-corrected chi connectivity index (χ4v) is 18.6. The number of phenolic OH excluding ortho intramolecular Hbond substituents is 5. The second-order valence-electron chi connectivity index (χ2n) is 22.2. The van der Waals surface area contributed by atoms with Crippen molar-refractivity contribution in [2.45, 2.75) is 98.0 Å². The molecule has 2 saturated heterocycles. The highest BCUT2D eigenvalue weighted by Crippen LogP contribution is 2.46. The molecule has 0 radical (unpaired) electrons. The average molecular weight is 1290 g/mol. The number of nitrogens with two attached hydrogens (primary N) is 2. The summed E-state index contributed by atoms with van der Waals surface area (Å²) in [6.45, 7) is 17.4. The standard InChI is InChI=1S/2C16H22N2OS2.C11H12N2OS.C10H8N2O2S.C10H11NO2S/c2*1-10-13(15-18(4)16(2,3)9-20-15)17-14(21-10)11-7-5-6-8-12(11)19;1-7(12)9-6-15-11(13-9)8-4-2-3-5-10(8)14;11-9(14)7-5-15-10(12-7)6-3-1-2-4-8(6)13;12-5-7-6-14-10(11-7)8-3-1-2-4-9(8)13/h2*5-8,10,13,15,19H,9H2,1-4H3;2-5,9,14H,1,6,12H2;1-5,13H,(H2,11,14);1-4,7,12-13H,5-6H2/t10-,13+,15+;10-,13+,15-;;;7-/m00..1/s1. The van der Waals surface area contributed by atoms with Crippen LogP contribution >= 0.6 is 81.9 Å². The van der Waals surface area contributed by atoms with Crippen molar-refractivity contribution in [2.75, 3.05) is 43.7 Å². The molecule has 6 aliphatic heterocycles. The third-order valence-electron chi connectivity index (χ3n) is 15.0. The van der Waals surface area contributed by atoms with E-state index in [2.05, 4.69) is 87.0 Å². The van der Waals surface area contributed by atoms with Gasteiger partial charge < -0.3 is 42.1 Å². The maximum Gasteiger partial charge on any atom is 0.268 e. The van der Waals surface area contributed by atoms with Gasteiger partial charge >= 0.3 is 0 Å². The number of rotatable bonds is 10. The summed E-state index contributed by atoms with van der Waals surface area (Å²) in [5.41, 5.74) is 15.8. The van der Waals surface area contributed by atoms with E-state index in [1.54, 1.807) is 113 Å². The Kier molecular flexibility index (Phi) is 22.8. The number of benzene rings is 5. The van der Waals surface area contributed by atoms with Gasteiger partial charge in [-0.05, 0) is 102 Å². The van der Waals surface area contributed by atoms with E-state index in [9.17, 15) is 30.3 Å². The molecule has 0 aliphatic carbocycles. The van der Waals surface area contributed by atoms with Gasteiger partial charge in [0.1, 0.15) is 59.6 Å². The Morgan fingerprint density at radius 3 is 1.27 bits per heavy atom. The number of aromatic nitrogens is 1. The first-order valence-electron chi connectivity index (χ1n) is 27.8. The van der Waals surface area contributed by atoms with Gasteiger partial charge in [-0.15, -0.1) is 81.9 Å². The van der Waals surface area contributed by atoms with Crippen LogP contribution in [0.2, 0.25) is 0 Å². The molecular formula is C63H75N9O7S7. The second kappa shape index (κ2) is 29.6. The van der Waals surface area contributed by atoms with Gasteiger partial charge in [0.15, 0.2) is 0 Å². The molecule has 1 unspecified atom stereocenters. The predicted molar refractivity (Wildman–Crippen MR) is 367 cm³/mol. The van der Waals surface area contributed by atoms with Crippen molar-refractivity contribution in [3.63, 3.8) is 0 Å². The van der Waals surface area contributed by atoms with Gasteiger partial charge in [0.05, 0.1) is 47.1 Å². The Balaban J connectivity index is 0.000000141. The number of amides is 1. The van der Waals surface area contributed by atoms with Crippen LogP contribution in [0.15, 0.2) is 159 Å². The Labute approximate surface area is 533 Å². The molecule has 23 heteroatoms. The number of aliphatic hydroxyl groups is 1. The van der Waals surface area contributed by atoms with Gasteiger partial charge in [0.25, 0.3) is 5.91 Å². The lowest BCUT2D eigenvalue weighted by atomic mass is 10.1. The number of aliphatic imine (C=N–C) groups is 4. The molecule has 0 bridgehead atoms. The first-order chi connectivity index (χ1) is 41.0. The highest BCUT2D eigenvalue weighted by Gasteiger charge is 2.47.